The minimum atomic E-state index is -1.26. The quantitative estimate of drug-likeness (QED) is 0.513. The molecule has 190 valence electrons. The monoisotopic (exact) mass is 495 g/mol. The van der Waals surface area contributed by atoms with Gasteiger partial charge in [-0.05, 0) is 44.3 Å². The van der Waals surface area contributed by atoms with E-state index in [0.717, 1.165) is 39.1 Å². The number of fused-ring (bicyclic) bond motifs is 2. The van der Waals surface area contributed by atoms with Crippen molar-refractivity contribution in [1.29, 1.82) is 0 Å². The summed E-state index contributed by atoms with van der Waals surface area (Å²) in [5.74, 6) is -2.30. The fourth-order valence-electron chi connectivity index (χ4n) is 3.87. The third-order valence-electron chi connectivity index (χ3n) is 5.72. The number of aliphatic carboxylic acids is 2. The number of nitrogens with one attached hydrogen (secondary N) is 1. The number of likely N-dealkylation sites (N-methyl/N-ethyl adjacent to an activating group) is 1. The number of hydrogen-bond acceptors (Lipinski definition) is 7. The second kappa shape index (κ2) is 12.6. The van der Waals surface area contributed by atoms with Crippen molar-refractivity contribution in [3.8, 4) is 0 Å². The molecule has 0 bridgehead atoms. The fraction of sp³-hybridized carbons (Fsp3) is 0.320. The van der Waals surface area contributed by atoms with E-state index in [1.165, 1.54) is 0 Å². The second-order valence-corrected chi connectivity index (χ2v) is 8.33. The maximum absolute atomic E-state index is 13.2. The van der Waals surface area contributed by atoms with Gasteiger partial charge >= 0.3 is 11.9 Å². The molecule has 0 aliphatic carbocycles. The Morgan fingerprint density at radius 2 is 1.67 bits per heavy atom. The molecular weight excluding hydrogens is 466 g/mol. The molecule has 0 spiro atoms. The molecule has 3 heterocycles. The third kappa shape index (κ3) is 7.20. The number of pyridine rings is 1. The van der Waals surface area contributed by atoms with Gasteiger partial charge in [-0.1, -0.05) is 12.1 Å². The van der Waals surface area contributed by atoms with Crippen LogP contribution in [0.2, 0.25) is 0 Å². The molecule has 2 aromatic rings. The topological polar surface area (TPSA) is 143 Å². The van der Waals surface area contributed by atoms with Crippen molar-refractivity contribution in [1.82, 2.24) is 14.8 Å². The number of amides is 2. The van der Waals surface area contributed by atoms with E-state index in [2.05, 4.69) is 27.1 Å². The van der Waals surface area contributed by atoms with Gasteiger partial charge in [-0.2, -0.15) is 0 Å². The van der Waals surface area contributed by atoms with Crippen LogP contribution in [0, 0.1) is 0 Å². The summed E-state index contributed by atoms with van der Waals surface area (Å²) in [6, 6.07) is 10.7. The molecule has 4 rings (SSSR count). The van der Waals surface area contributed by atoms with E-state index in [1.54, 1.807) is 41.4 Å². The Morgan fingerprint density at radius 3 is 2.33 bits per heavy atom. The van der Waals surface area contributed by atoms with Crippen molar-refractivity contribution in [2.45, 2.75) is 12.8 Å². The number of carbonyl (C=O) groups is 4. The molecule has 1 fully saturated rings. The van der Waals surface area contributed by atoms with Crippen LogP contribution in [0.5, 0.6) is 0 Å². The van der Waals surface area contributed by atoms with E-state index in [-0.39, 0.29) is 11.8 Å². The summed E-state index contributed by atoms with van der Waals surface area (Å²) < 4.78 is 0. The van der Waals surface area contributed by atoms with Gasteiger partial charge in [0.05, 0.1) is 16.9 Å². The van der Waals surface area contributed by atoms with Gasteiger partial charge in [0.25, 0.3) is 5.91 Å². The van der Waals surface area contributed by atoms with Crippen molar-refractivity contribution < 1.29 is 29.4 Å². The first kappa shape index (κ1) is 26.5. The Balaban J connectivity index is 0.000000392. The number of nitrogens with zero attached hydrogens (tertiary/aromatic N) is 4. The van der Waals surface area contributed by atoms with Crippen molar-refractivity contribution in [3.63, 3.8) is 0 Å². The lowest BCUT2D eigenvalue weighted by Gasteiger charge is -2.32. The highest BCUT2D eigenvalue weighted by Crippen LogP contribution is 2.36. The van der Waals surface area contributed by atoms with E-state index < -0.39 is 11.9 Å². The molecular formula is C25H29N5O6. The van der Waals surface area contributed by atoms with Crippen LogP contribution in [-0.2, 0) is 14.4 Å². The molecule has 36 heavy (non-hydrogen) atoms. The van der Waals surface area contributed by atoms with Crippen LogP contribution in [-0.4, -0.2) is 88.5 Å². The molecule has 0 unspecified atom stereocenters. The SMILES string of the molecule is CN1CCN(CCCC(=O)N2c3ccccc3C(=O)Nc3cccnc32)CC1.O=C(O)/C=C/C(=O)O. The first-order valence-electron chi connectivity index (χ1n) is 11.5. The van der Waals surface area contributed by atoms with Gasteiger partial charge in [-0.3, -0.25) is 14.5 Å². The number of carboxylic acids is 2. The van der Waals surface area contributed by atoms with Gasteiger partial charge < -0.3 is 25.3 Å². The summed E-state index contributed by atoms with van der Waals surface area (Å²) in [4.78, 5) is 55.6. The number of hydrogen-bond donors (Lipinski definition) is 3. The Labute approximate surface area is 208 Å². The second-order valence-electron chi connectivity index (χ2n) is 8.33. The molecule has 0 radical (unpaired) electrons. The molecule has 0 atom stereocenters. The molecule has 0 saturated carbocycles. The number of piperazine rings is 1. The number of carboxylic acid groups (broad SMARTS) is 2. The van der Waals surface area contributed by atoms with Crippen LogP contribution >= 0.6 is 0 Å². The summed E-state index contributed by atoms with van der Waals surface area (Å²) in [7, 11) is 2.14. The largest absolute Gasteiger partial charge is 0.478 e. The molecule has 1 aromatic carbocycles. The number of benzene rings is 1. The first-order chi connectivity index (χ1) is 17.3. The van der Waals surface area contributed by atoms with Gasteiger partial charge in [0.15, 0.2) is 5.82 Å². The number of carbonyl (C=O) groups excluding carboxylic acids is 2. The Kier molecular flexibility index (Phi) is 9.25. The molecule has 11 nitrogen and oxygen atoms in total. The standard InChI is InChI=1S/C21H25N5O2.C4H4O4/c1-24-12-14-25(15-13-24)11-5-9-19(27)26-18-8-3-2-6-16(18)21(28)23-17-7-4-10-22-20(17)26;5-3(6)1-2-4(7)8/h2-4,6-8,10H,5,9,11-15H2,1H3,(H,23,28);1-2H,(H,5,6)(H,7,8)/b;2-1+. The van der Waals surface area contributed by atoms with E-state index in [0.29, 0.717) is 41.3 Å². The van der Waals surface area contributed by atoms with Crippen LogP contribution in [0.3, 0.4) is 0 Å². The Morgan fingerprint density at radius 1 is 1.00 bits per heavy atom. The van der Waals surface area contributed by atoms with Crippen molar-refractivity contribution in [2.24, 2.45) is 0 Å². The molecule has 1 aromatic heterocycles. The zero-order valence-electron chi connectivity index (χ0n) is 20.0. The number of rotatable bonds is 6. The average Bonchev–Trinajstić information content (AvgIpc) is 2.98. The zero-order valence-corrected chi connectivity index (χ0v) is 20.0. The van der Waals surface area contributed by atoms with Crippen LogP contribution in [0.4, 0.5) is 17.2 Å². The highest BCUT2D eigenvalue weighted by atomic mass is 16.4. The number of para-hydroxylation sites is 1. The molecule has 2 aliphatic rings. The van der Waals surface area contributed by atoms with Crippen LogP contribution in [0.1, 0.15) is 23.2 Å². The molecule has 3 N–H and O–H groups in total. The maximum Gasteiger partial charge on any atom is 0.328 e. The van der Waals surface area contributed by atoms with Crippen molar-refractivity contribution in [3.05, 3.63) is 60.3 Å². The van der Waals surface area contributed by atoms with Crippen molar-refractivity contribution in [2.75, 3.05) is 50.0 Å². The Hall–Kier alpha value is -4.09. The van der Waals surface area contributed by atoms with Gasteiger partial charge in [0.2, 0.25) is 5.91 Å². The normalized spacial score (nSPS) is 15.7. The van der Waals surface area contributed by atoms with Gasteiger partial charge in [-0.15, -0.1) is 0 Å². The van der Waals surface area contributed by atoms with Crippen molar-refractivity contribution >= 4 is 40.9 Å². The van der Waals surface area contributed by atoms with Crippen LogP contribution in [0.25, 0.3) is 0 Å². The van der Waals surface area contributed by atoms with Crippen LogP contribution < -0.4 is 10.2 Å². The molecule has 11 heteroatoms. The van der Waals surface area contributed by atoms with Gasteiger partial charge in [0, 0.05) is 50.9 Å². The highest BCUT2D eigenvalue weighted by molar-refractivity contribution is 6.17. The summed E-state index contributed by atoms with van der Waals surface area (Å²) >= 11 is 0. The van der Waals surface area contributed by atoms with Gasteiger partial charge in [-0.25, -0.2) is 14.6 Å². The number of aromatic nitrogens is 1. The smallest absolute Gasteiger partial charge is 0.328 e. The fourth-order valence-corrected chi connectivity index (χ4v) is 3.87. The van der Waals surface area contributed by atoms with E-state index in [1.807, 2.05) is 6.07 Å². The zero-order chi connectivity index (χ0) is 26.1. The van der Waals surface area contributed by atoms with E-state index in [9.17, 15) is 19.2 Å². The lowest BCUT2D eigenvalue weighted by molar-refractivity contribution is -0.134. The van der Waals surface area contributed by atoms with Crippen LogP contribution in [0.15, 0.2) is 54.7 Å². The predicted molar refractivity (Wildman–Crippen MR) is 133 cm³/mol. The molecule has 1 saturated heterocycles. The van der Waals surface area contributed by atoms with Gasteiger partial charge in [0.1, 0.15) is 0 Å². The maximum atomic E-state index is 13.2. The summed E-state index contributed by atoms with van der Waals surface area (Å²) in [5, 5.41) is 18.5. The minimum absolute atomic E-state index is 0.0435. The third-order valence-corrected chi connectivity index (χ3v) is 5.72. The van der Waals surface area contributed by atoms with E-state index >= 15 is 0 Å². The molecule has 2 amide bonds. The Bertz CT molecular complexity index is 1130. The average molecular weight is 496 g/mol. The van der Waals surface area contributed by atoms with E-state index in [4.69, 9.17) is 10.2 Å². The lowest BCUT2D eigenvalue weighted by Crippen LogP contribution is -2.44. The molecule has 2 aliphatic heterocycles. The minimum Gasteiger partial charge on any atom is -0.478 e. The first-order valence-corrected chi connectivity index (χ1v) is 11.5. The summed E-state index contributed by atoms with van der Waals surface area (Å²) in [5.41, 5.74) is 1.62. The number of anilines is 3. The predicted octanol–water partition coefficient (Wildman–Crippen LogP) is 2.05. The summed E-state index contributed by atoms with van der Waals surface area (Å²) in [6.45, 7) is 5.12. The highest BCUT2D eigenvalue weighted by Gasteiger charge is 2.29. The lowest BCUT2D eigenvalue weighted by atomic mass is 10.1. The summed E-state index contributed by atoms with van der Waals surface area (Å²) in [6.07, 6.45) is 3.95.